The van der Waals surface area contributed by atoms with Crippen LogP contribution >= 0.6 is 0 Å². The molecule has 1 saturated carbocycles. The van der Waals surface area contributed by atoms with E-state index >= 15 is 0 Å². The molecule has 1 spiro atoms. The normalized spacial score (nSPS) is 22.2. The van der Waals surface area contributed by atoms with Gasteiger partial charge in [-0.2, -0.15) is 0 Å². The third-order valence-electron chi connectivity index (χ3n) is 3.81. The van der Waals surface area contributed by atoms with Crippen LogP contribution in [0, 0.1) is 5.41 Å². The zero-order chi connectivity index (χ0) is 10.6. The highest BCUT2D eigenvalue weighted by molar-refractivity contribution is 6.04. The molecule has 2 aliphatic rings. The van der Waals surface area contributed by atoms with E-state index in [2.05, 4.69) is 13.8 Å². The van der Waals surface area contributed by atoms with E-state index in [1.165, 1.54) is 0 Å². The van der Waals surface area contributed by atoms with Crippen molar-refractivity contribution in [3.05, 3.63) is 23.2 Å². The third-order valence-corrected chi connectivity index (χ3v) is 3.81. The molecule has 2 heteroatoms. The van der Waals surface area contributed by atoms with E-state index in [-0.39, 0.29) is 5.41 Å². The van der Waals surface area contributed by atoms with Gasteiger partial charge in [-0.25, -0.2) is 0 Å². The Morgan fingerprint density at radius 3 is 2.67 bits per heavy atom. The van der Waals surface area contributed by atoms with Crippen molar-refractivity contribution in [3.8, 4) is 0 Å². The van der Waals surface area contributed by atoms with E-state index < -0.39 is 0 Å². The second-order valence-corrected chi connectivity index (χ2v) is 5.25. The quantitative estimate of drug-likeness (QED) is 0.702. The standard InChI is InChI=1S/C13H16O2/c1-8(2)11-7-9-10(15-11)3-4-13(5-6-13)12(9)14/h7-8H,3-6H2,1-2H3. The average Bonchev–Trinajstić information content (AvgIpc) is 2.83. The molecule has 2 nitrogen and oxygen atoms in total. The molecule has 0 N–H and O–H groups in total. The van der Waals surface area contributed by atoms with Crippen molar-refractivity contribution >= 4 is 5.78 Å². The van der Waals surface area contributed by atoms with Gasteiger partial charge in [0, 0.05) is 17.8 Å². The van der Waals surface area contributed by atoms with Crippen LogP contribution in [-0.2, 0) is 6.42 Å². The van der Waals surface area contributed by atoms with Crippen molar-refractivity contribution in [1.29, 1.82) is 0 Å². The molecule has 1 aromatic heterocycles. The minimum atomic E-state index is 0.0329. The molecule has 2 aliphatic carbocycles. The Bertz CT molecular complexity index is 422. The molecular weight excluding hydrogens is 188 g/mol. The molecule has 0 aliphatic heterocycles. The maximum Gasteiger partial charge on any atom is 0.172 e. The Labute approximate surface area is 89.7 Å². The lowest BCUT2D eigenvalue weighted by molar-refractivity contribution is 0.0875. The zero-order valence-electron chi connectivity index (χ0n) is 9.30. The Kier molecular flexibility index (Phi) is 1.68. The van der Waals surface area contributed by atoms with Gasteiger partial charge in [0.05, 0.1) is 5.56 Å². The molecule has 0 amide bonds. The van der Waals surface area contributed by atoms with E-state index in [1.807, 2.05) is 6.07 Å². The first-order chi connectivity index (χ1) is 7.12. The third kappa shape index (κ3) is 1.20. The molecule has 3 rings (SSSR count). The average molecular weight is 204 g/mol. The highest BCUT2D eigenvalue weighted by Crippen LogP contribution is 2.55. The molecule has 0 bridgehead atoms. The summed E-state index contributed by atoms with van der Waals surface area (Å²) < 4.78 is 5.74. The van der Waals surface area contributed by atoms with Crippen molar-refractivity contribution in [2.45, 2.75) is 45.4 Å². The first-order valence-corrected chi connectivity index (χ1v) is 5.80. The molecule has 1 fully saturated rings. The molecule has 1 heterocycles. The van der Waals surface area contributed by atoms with Gasteiger partial charge in [-0.1, -0.05) is 13.8 Å². The van der Waals surface area contributed by atoms with E-state index in [4.69, 9.17) is 4.42 Å². The summed E-state index contributed by atoms with van der Waals surface area (Å²) in [5.74, 6) is 2.62. The number of aryl methyl sites for hydroxylation is 1. The predicted molar refractivity (Wildman–Crippen MR) is 57.1 cm³/mol. The molecule has 80 valence electrons. The van der Waals surface area contributed by atoms with Crippen LogP contribution in [0.3, 0.4) is 0 Å². The number of Topliss-reactive ketones (excluding diaryl/α,β-unsaturated/α-hetero) is 1. The molecule has 0 unspecified atom stereocenters. The minimum Gasteiger partial charge on any atom is -0.465 e. The van der Waals surface area contributed by atoms with Crippen LogP contribution in [-0.4, -0.2) is 5.78 Å². The Balaban J connectivity index is 2.04. The van der Waals surface area contributed by atoms with Gasteiger partial charge in [0.15, 0.2) is 5.78 Å². The van der Waals surface area contributed by atoms with Crippen molar-refractivity contribution in [2.24, 2.45) is 5.41 Å². The Morgan fingerprint density at radius 2 is 2.07 bits per heavy atom. The van der Waals surface area contributed by atoms with Gasteiger partial charge in [0.2, 0.25) is 0 Å². The lowest BCUT2D eigenvalue weighted by Crippen LogP contribution is -2.22. The summed E-state index contributed by atoms with van der Waals surface area (Å²) in [5, 5.41) is 0. The van der Waals surface area contributed by atoms with Crippen molar-refractivity contribution in [2.75, 3.05) is 0 Å². The molecule has 0 aromatic carbocycles. The molecule has 0 radical (unpaired) electrons. The van der Waals surface area contributed by atoms with Gasteiger partial charge in [-0.05, 0) is 25.3 Å². The summed E-state index contributed by atoms with van der Waals surface area (Å²) in [5.41, 5.74) is 0.910. The van der Waals surface area contributed by atoms with Crippen LogP contribution in [0.5, 0.6) is 0 Å². The number of ketones is 1. The SMILES string of the molecule is CC(C)c1cc2c(o1)CCC1(CC1)C2=O. The van der Waals surface area contributed by atoms with E-state index in [9.17, 15) is 4.79 Å². The predicted octanol–water partition coefficient (Wildman–Crippen LogP) is 3.31. The second kappa shape index (κ2) is 2.75. The Hall–Kier alpha value is -1.05. The van der Waals surface area contributed by atoms with Crippen LogP contribution in [0.4, 0.5) is 0 Å². The van der Waals surface area contributed by atoms with E-state index in [1.54, 1.807) is 0 Å². The summed E-state index contributed by atoms with van der Waals surface area (Å²) in [6, 6.07) is 1.97. The molecule has 1 aromatic rings. The molecular formula is C13H16O2. The fraction of sp³-hybridized carbons (Fsp3) is 0.615. The first kappa shape index (κ1) is 9.20. The van der Waals surface area contributed by atoms with Gasteiger partial charge in [-0.3, -0.25) is 4.79 Å². The van der Waals surface area contributed by atoms with Gasteiger partial charge < -0.3 is 4.42 Å². The summed E-state index contributed by atoms with van der Waals surface area (Å²) in [4.78, 5) is 12.2. The highest BCUT2D eigenvalue weighted by atomic mass is 16.3. The maximum absolute atomic E-state index is 12.2. The molecule has 15 heavy (non-hydrogen) atoms. The smallest absolute Gasteiger partial charge is 0.172 e. The summed E-state index contributed by atoms with van der Waals surface area (Å²) >= 11 is 0. The van der Waals surface area contributed by atoms with E-state index in [0.717, 1.165) is 42.8 Å². The van der Waals surface area contributed by atoms with Crippen LogP contribution < -0.4 is 0 Å². The highest BCUT2D eigenvalue weighted by Gasteiger charge is 2.52. The van der Waals surface area contributed by atoms with Gasteiger partial charge in [-0.15, -0.1) is 0 Å². The summed E-state index contributed by atoms with van der Waals surface area (Å²) in [6.07, 6.45) is 4.14. The topological polar surface area (TPSA) is 30.2 Å². The number of hydrogen-bond acceptors (Lipinski definition) is 2. The van der Waals surface area contributed by atoms with Crippen LogP contribution in [0.25, 0.3) is 0 Å². The van der Waals surface area contributed by atoms with Crippen molar-refractivity contribution in [3.63, 3.8) is 0 Å². The number of hydrogen-bond donors (Lipinski definition) is 0. The van der Waals surface area contributed by atoms with Crippen LogP contribution in [0.2, 0.25) is 0 Å². The fourth-order valence-electron chi connectivity index (χ4n) is 2.49. The number of fused-ring (bicyclic) bond motifs is 1. The van der Waals surface area contributed by atoms with Crippen LogP contribution in [0.15, 0.2) is 10.5 Å². The second-order valence-electron chi connectivity index (χ2n) is 5.25. The van der Waals surface area contributed by atoms with Crippen LogP contribution in [0.1, 0.15) is 60.9 Å². The summed E-state index contributed by atoms with van der Waals surface area (Å²) in [7, 11) is 0. The zero-order valence-corrected chi connectivity index (χ0v) is 9.30. The van der Waals surface area contributed by atoms with Crippen molar-refractivity contribution < 1.29 is 9.21 Å². The van der Waals surface area contributed by atoms with Gasteiger partial charge >= 0.3 is 0 Å². The largest absolute Gasteiger partial charge is 0.465 e. The lowest BCUT2D eigenvalue weighted by Gasteiger charge is -2.18. The van der Waals surface area contributed by atoms with E-state index in [0.29, 0.717) is 11.7 Å². The molecule has 0 saturated heterocycles. The first-order valence-electron chi connectivity index (χ1n) is 5.80. The fourth-order valence-corrected chi connectivity index (χ4v) is 2.49. The number of carbonyl (C=O) groups is 1. The number of furan rings is 1. The molecule has 0 atom stereocenters. The van der Waals surface area contributed by atoms with Gasteiger partial charge in [0.25, 0.3) is 0 Å². The lowest BCUT2D eigenvalue weighted by atomic mass is 9.84. The maximum atomic E-state index is 12.2. The summed E-state index contributed by atoms with van der Waals surface area (Å²) in [6.45, 7) is 4.20. The van der Waals surface area contributed by atoms with Crippen molar-refractivity contribution in [1.82, 2.24) is 0 Å². The van der Waals surface area contributed by atoms with Gasteiger partial charge in [0.1, 0.15) is 11.5 Å². The number of rotatable bonds is 1. The minimum absolute atomic E-state index is 0.0329. The Morgan fingerprint density at radius 1 is 1.33 bits per heavy atom. The number of carbonyl (C=O) groups excluding carboxylic acids is 1. The monoisotopic (exact) mass is 204 g/mol.